The number of carbonyl (C=O) groups is 1. The molecule has 0 unspecified atom stereocenters. The maximum absolute atomic E-state index is 12.7. The Bertz CT molecular complexity index is 883. The lowest BCUT2D eigenvalue weighted by molar-refractivity contribution is 0.0732. The summed E-state index contributed by atoms with van der Waals surface area (Å²) in [5.74, 6) is 0.161. The summed E-state index contributed by atoms with van der Waals surface area (Å²) in [6.45, 7) is 3.49. The quantitative estimate of drug-likeness (QED) is 0.420. The predicted molar refractivity (Wildman–Crippen MR) is 95.5 cm³/mol. The number of benzene rings is 2. The van der Waals surface area contributed by atoms with Crippen LogP contribution in [0.1, 0.15) is 21.7 Å². The number of ether oxygens (including phenoxy) is 1. The van der Waals surface area contributed by atoms with Gasteiger partial charge in [0, 0.05) is 10.0 Å². The highest BCUT2D eigenvalue weighted by molar-refractivity contribution is 9.10. The van der Waals surface area contributed by atoms with Gasteiger partial charge in [0.1, 0.15) is 17.0 Å². The van der Waals surface area contributed by atoms with Crippen molar-refractivity contribution < 1.29 is 14.1 Å². The summed E-state index contributed by atoms with van der Waals surface area (Å²) in [5, 5.41) is 4.34. The van der Waals surface area contributed by atoms with Crippen molar-refractivity contribution in [2.75, 3.05) is 0 Å². The molecule has 0 bridgehead atoms. The van der Waals surface area contributed by atoms with E-state index in [2.05, 4.69) is 21.1 Å². The molecule has 122 valence electrons. The van der Waals surface area contributed by atoms with Crippen LogP contribution in [-0.2, 0) is 0 Å². The van der Waals surface area contributed by atoms with E-state index in [4.69, 9.17) is 20.9 Å². The Hall–Kier alpha value is -2.11. The van der Waals surface area contributed by atoms with Gasteiger partial charge in [-0.15, -0.1) is 0 Å². The second-order valence-corrected chi connectivity index (χ2v) is 6.57. The summed E-state index contributed by atoms with van der Waals surface area (Å²) in [7, 11) is 0. The predicted octanol–water partition coefficient (Wildman–Crippen LogP) is 5.59. The Balaban J connectivity index is 1.99. The molecule has 0 radical (unpaired) electrons. The molecular weight excluding hydrogens is 394 g/mol. The summed E-state index contributed by atoms with van der Waals surface area (Å²) in [5.41, 5.74) is 2.27. The molecule has 3 aromatic rings. The summed E-state index contributed by atoms with van der Waals surface area (Å²) < 4.78 is 11.5. The molecule has 0 fully saturated rings. The molecule has 24 heavy (non-hydrogen) atoms. The largest absolute Gasteiger partial charge is 0.421 e. The Morgan fingerprint density at radius 2 is 1.92 bits per heavy atom. The number of halogens is 2. The fraction of sp³-hybridized carbons (Fsp3) is 0.111. The monoisotopic (exact) mass is 405 g/mol. The van der Waals surface area contributed by atoms with E-state index in [0.29, 0.717) is 27.8 Å². The molecule has 3 rings (SSSR count). The minimum atomic E-state index is -0.556. The summed E-state index contributed by atoms with van der Waals surface area (Å²) in [6, 6.07) is 12.8. The number of esters is 1. The van der Waals surface area contributed by atoms with Crippen molar-refractivity contribution in [1.82, 2.24) is 5.16 Å². The second-order valence-electron chi connectivity index (χ2n) is 5.25. The molecule has 0 saturated heterocycles. The van der Waals surface area contributed by atoms with Gasteiger partial charge in [0.15, 0.2) is 5.75 Å². The number of aryl methyl sites for hydroxylation is 2. The molecule has 0 aliphatic rings. The Morgan fingerprint density at radius 3 is 2.58 bits per heavy atom. The second kappa shape index (κ2) is 6.79. The van der Waals surface area contributed by atoms with Crippen LogP contribution < -0.4 is 4.74 Å². The van der Waals surface area contributed by atoms with Crippen LogP contribution in [0.5, 0.6) is 5.75 Å². The van der Waals surface area contributed by atoms with Gasteiger partial charge in [-0.25, -0.2) is 4.79 Å². The molecule has 2 aromatic carbocycles. The average molecular weight is 407 g/mol. The molecule has 1 aromatic heterocycles. The lowest BCUT2D eigenvalue weighted by Crippen LogP contribution is -2.11. The van der Waals surface area contributed by atoms with Gasteiger partial charge in [-0.3, -0.25) is 0 Å². The first kappa shape index (κ1) is 16.7. The first-order valence-electron chi connectivity index (χ1n) is 7.17. The zero-order valence-electron chi connectivity index (χ0n) is 13.0. The van der Waals surface area contributed by atoms with Crippen molar-refractivity contribution in [2.45, 2.75) is 13.8 Å². The molecule has 4 nitrogen and oxygen atoms in total. The molecule has 0 atom stereocenters. The minimum Gasteiger partial charge on any atom is -0.421 e. The van der Waals surface area contributed by atoms with Gasteiger partial charge in [0.05, 0.1) is 5.02 Å². The van der Waals surface area contributed by atoms with Crippen LogP contribution in [0, 0.1) is 13.8 Å². The van der Waals surface area contributed by atoms with Gasteiger partial charge in [0.2, 0.25) is 0 Å². The first-order chi connectivity index (χ1) is 11.5. The summed E-state index contributed by atoms with van der Waals surface area (Å²) >= 11 is 9.55. The highest BCUT2D eigenvalue weighted by atomic mass is 79.9. The number of hydrogen-bond donors (Lipinski definition) is 0. The molecule has 1 heterocycles. The third kappa shape index (κ3) is 3.23. The molecule has 0 N–H and O–H groups in total. The topological polar surface area (TPSA) is 52.3 Å². The third-order valence-corrected chi connectivity index (χ3v) is 4.24. The minimum absolute atomic E-state index is 0.291. The van der Waals surface area contributed by atoms with Gasteiger partial charge in [-0.05, 0) is 31.5 Å². The molecule has 0 spiro atoms. The number of carbonyl (C=O) groups excluding carboxylic acids is 1. The SMILES string of the molecule is Cc1cc(Br)cc(Cl)c1OC(=O)c1c(-c2ccccc2)noc1C. The van der Waals surface area contributed by atoms with Gasteiger partial charge in [-0.2, -0.15) is 0 Å². The smallest absolute Gasteiger partial charge is 0.349 e. The van der Waals surface area contributed by atoms with E-state index in [1.165, 1.54) is 0 Å². The van der Waals surface area contributed by atoms with Crippen LogP contribution in [0.4, 0.5) is 0 Å². The molecule has 0 aliphatic carbocycles. The molecule has 0 aliphatic heterocycles. The van der Waals surface area contributed by atoms with Crippen molar-refractivity contribution >= 4 is 33.5 Å². The molecule has 6 heteroatoms. The van der Waals surface area contributed by atoms with Crippen LogP contribution in [0.3, 0.4) is 0 Å². The standard InChI is InChI=1S/C18H13BrClNO3/c1-10-8-13(19)9-14(20)17(10)23-18(22)15-11(2)24-21-16(15)12-6-4-3-5-7-12/h3-9H,1-2H3. The van der Waals surface area contributed by atoms with E-state index in [9.17, 15) is 4.79 Å². The van der Waals surface area contributed by atoms with Crippen LogP contribution in [-0.4, -0.2) is 11.1 Å². The van der Waals surface area contributed by atoms with E-state index in [0.717, 1.165) is 15.6 Å². The molecular formula is C18H13BrClNO3. The Labute approximate surface area is 152 Å². The van der Waals surface area contributed by atoms with Crippen LogP contribution in [0.25, 0.3) is 11.3 Å². The van der Waals surface area contributed by atoms with Gasteiger partial charge < -0.3 is 9.26 Å². The maximum atomic E-state index is 12.7. The van der Waals surface area contributed by atoms with Gasteiger partial charge >= 0.3 is 5.97 Å². The fourth-order valence-electron chi connectivity index (χ4n) is 2.37. The maximum Gasteiger partial charge on any atom is 0.349 e. The van der Waals surface area contributed by atoms with E-state index in [1.807, 2.05) is 43.3 Å². The van der Waals surface area contributed by atoms with Crippen molar-refractivity contribution in [3.63, 3.8) is 0 Å². The Kier molecular flexibility index (Phi) is 4.73. The number of rotatable bonds is 3. The average Bonchev–Trinajstić information content (AvgIpc) is 2.93. The van der Waals surface area contributed by atoms with E-state index < -0.39 is 5.97 Å². The normalized spacial score (nSPS) is 10.7. The summed E-state index contributed by atoms with van der Waals surface area (Å²) in [4.78, 5) is 12.7. The first-order valence-corrected chi connectivity index (χ1v) is 8.34. The number of hydrogen-bond acceptors (Lipinski definition) is 4. The van der Waals surface area contributed by atoms with Gasteiger partial charge in [0.25, 0.3) is 0 Å². The highest BCUT2D eigenvalue weighted by Crippen LogP contribution is 2.34. The third-order valence-electron chi connectivity index (χ3n) is 3.50. The zero-order valence-corrected chi connectivity index (χ0v) is 15.3. The number of nitrogens with zero attached hydrogens (tertiary/aromatic N) is 1. The van der Waals surface area contributed by atoms with Crippen LogP contribution in [0.2, 0.25) is 5.02 Å². The highest BCUT2D eigenvalue weighted by Gasteiger charge is 2.24. The number of aromatic nitrogens is 1. The Morgan fingerprint density at radius 1 is 1.21 bits per heavy atom. The van der Waals surface area contributed by atoms with Gasteiger partial charge in [-0.1, -0.05) is 63.0 Å². The van der Waals surface area contributed by atoms with E-state index in [1.54, 1.807) is 13.0 Å². The summed E-state index contributed by atoms with van der Waals surface area (Å²) in [6.07, 6.45) is 0. The molecule has 0 amide bonds. The van der Waals surface area contributed by atoms with Crippen molar-refractivity contribution in [3.05, 3.63) is 68.8 Å². The van der Waals surface area contributed by atoms with Crippen molar-refractivity contribution in [2.24, 2.45) is 0 Å². The van der Waals surface area contributed by atoms with Crippen LogP contribution >= 0.6 is 27.5 Å². The fourth-order valence-corrected chi connectivity index (χ4v) is 3.38. The lowest BCUT2D eigenvalue weighted by Gasteiger charge is -2.10. The van der Waals surface area contributed by atoms with E-state index >= 15 is 0 Å². The van der Waals surface area contributed by atoms with Crippen molar-refractivity contribution in [3.8, 4) is 17.0 Å². The zero-order chi connectivity index (χ0) is 17.3. The van der Waals surface area contributed by atoms with E-state index in [-0.39, 0.29) is 0 Å². The van der Waals surface area contributed by atoms with Crippen LogP contribution in [0.15, 0.2) is 51.5 Å². The molecule has 0 saturated carbocycles. The van der Waals surface area contributed by atoms with Crippen molar-refractivity contribution in [1.29, 1.82) is 0 Å². The lowest BCUT2D eigenvalue weighted by atomic mass is 10.1.